The standard InChI is InChI=1S/C20H15ClO2/c1-13-19(14-8-10-15(21)11-9-14)17(7-4-12-22)16-5-2-3-6-18(16)20(13)23/h2-12,23H,1H3/b7-4+. The smallest absolute Gasteiger partial charge is 0.142 e. The lowest BCUT2D eigenvalue weighted by Gasteiger charge is -2.16. The Bertz CT molecular complexity index is 909. The molecule has 0 atom stereocenters. The number of aromatic hydroxyl groups is 1. The second-order valence-corrected chi connectivity index (χ2v) is 5.75. The maximum Gasteiger partial charge on any atom is 0.142 e. The van der Waals surface area contributed by atoms with Gasteiger partial charge in [0, 0.05) is 10.4 Å². The Hall–Kier alpha value is -2.58. The van der Waals surface area contributed by atoms with E-state index < -0.39 is 0 Å². The van der Waals surface area contributed by atoms with Crippen LogP contribution in [0.2, 0.25) is 5.02 Å². The lowest BCUT2D eigenvalue weighted by Crippen LogP contribution is -1.92. The minimum Gasteiger partial charge on any atom is -0.507 e. The fraction of sp³-hybridized carbons (Fsp3) is 0.0500. The van der Waals surface area contributed by atoms with Crippen molar-refractivity contribution in [3.63, 3.8) is 0 Å². The zero-order valence-electron chi connectivity index (χ0n) is 12.6. The predicted octanol–water partition coefficient (Wildman–Crippen LogP) is 5.39. The molecule has 0 saturated heterocycles. The minimum atomic E-state index is 0.258. The van der Waals surface area contributed by atoms with Crippen molar-refractivity contribution in [2.75, 3.05) is 0 Å². The van der Waals surface area contributed by atoms with E-state index in [2.05, 4.69) is 0 Å². The number of phenols is 1. The molecule has 0 spiro atoms. The van der Waals surface area contributed by atoms with Gasteiger partial charge < -0.3 is 5.11 Å². The van der Waals surface area contributed by atoms with Crippen LogP contribution in [0.5, 0.6) is 5.75 Å². The van der Waals surface area contributed by atoms with Gasteiger partial charge in [-0.15, -0.1) is 0 Å². The summed E-state index contributed by atoms with van der Waals surface area (Å²) in [6, 6.07) is 15.1. The number of fused-ring (bicyclic) bond motifs is 1. The second kappa shape index (κ2) is 6.27. The topological polar surface area (TPSA) is 37.3 Å². The molecule has 1 N–H and O–H groups in total. The number of allylic oxidation sites excluding steroid dienone is 1. The van der Waals surface area contributed by atoms with Gasteiger partial charge in [-0.25, -0.2) is 0 Å². The quantitative estimate of drug-likeness (QED) is 0.518. The summed E-state index contributed by atoms with van der Waals surface area (Å²) in [6.07, 6.45) is 4.01. The average Bonchev–Trinajstić information content (AvgIpc) is 2.58. The Kier molecular flexibility index (Phi) is 4.18. The van der Waals surface area contributed by atoms with Crippen LogP contribution in [-0.4, -0.2) is 11.4 Å². The summed E-state index contributed by atoms with van der Waals surface area (Å²) >= 11 is 5.98. The van der Waals surface area contributed by atoms with Crippen LogP contribution in [0.1, 0.15) is 11.1 Å². The summed E-state index contributed by atoms with van der Waals surface area (Å²) in [5, 5.41) is 12.9. The third-order valence-electron chi connectivity index (χ3n) is 3.95. The highest BCUT2D eigenvalue weighted by Gasteiger charge is 2.16. The average molecular weight is 323 g/mol. The zero-order chi connectivity index (χ0) is 16.4. The highest BCUT2D eigenvalue weighted by Crippen LogP contribution is 2.41. The number of hydrogen-bond donors (Lipinski definition) is 1. The van der Waals surface area contributed by atoms with Crippen LogP contribution in [0.15, 0.2) is 54.6 Å². The molecule has 0 aliphatic rings. The molecule has 114 valence electrons. The van der Waals surface area contributed by atoms with E-state index in [1.165, 1.54) is 6.08 Å². The summed E-state index contributed by atoms with van der Waals surface area (Å²) in [6.45, 7) is 1.88. The molecule has 0 saturated carbocycles. The van der Waals surface area contributed by atoms with Crippen LogP contribution >= 0.6 is 11.6 Å². The van der Waals surface area contributed by atoms with Gasteiger partial charge >= 0.3 is 0 Å². The lowest BCUT2D eigenvalue weighted by atomic mass is 9.89. The first-order valence-electron chi connectivity index (χ1n) is 7.25. The van der Waals surface area contributed by atoms with Gasteiger partial charge in [-0.2, -0.15) is 0 Å². The number of halogens is 1. The summed E-state index contributed by atoms with van der Waals surface area (Å²) in [5.74, 6) is 0.258. The first-order valence-corrected chi connectivity index (χ1v) is 7.63. The van der Waals surface area contributed by atoms with E-state index in [-0.39, 0.29) is 5.75 Å². The Morgan fingerprint density at radius 2 is 1.65 bits per heavy atom. The molecule has 0 amide bonds. The number of hydrogen-bond acceptors (Lipinski definition) is 2. The molecule has 2 nitrogen and oxygen atoms in total. The highest BCUT2D eigenvalue weighted by atomic mass is 35.5. The van der Waals surface area contributed by atoms with Crippen molar-refractivity contribution in [1.82, 2.24) is 0 Å². The molecule has 3 aromatic carbocycles. The Balaban J connectivity index is 2.43. The van der Waals surface area contributed by atoms with Crippen molar-refractivity contribution in [3.05, 3.63) is 70.8 Å². The monoisotopic (exact) mass is 322 g/mol. The van der Waals surface area contributed by atoms with Crippen molar-refractivity contribution >= 4 is 34.7 Å². The first kappa shape index (κ1) is 15.3. The van der Waals surface area contributed by atoms with E-state index in [0.717, 1.165) is 39.3 Å². The third-order valence-corrected chi connectivity index (χ3v) is 4.20. The summed E-state index contributed by atoms with van der Waals surface area (Å²) < 4.78 is 0. The second-order valence-electron chi connectivity index (χ2n) is 5.31. The van der Waals surface area contributed by atoms with Crippen LogP contribution in [0.3, 0.4) is 0 Å². The predicted molar refractivity (Wildman–Crippen MR) is 95.9 cm³/mol. The number of benzene rings is 3. The molecule has 0 aliphatic heterocycles. The largest absolute Gasteiger partial charge is 0.507 e. The van der Waals surface area contributed by atoms with Crippen molar-refractivity contribution < 1.29 is 9.90 Å². The number of carbonyl (C=O) groups is 1. The van der Waals surface area contributed by atoms with Crippen LogP contribution in [-0.2, 0) is 4.79 Å². The first-order chi connectivity index (χ1) is 11.1. The van der Waals surface area contributed by atoms with E-state index in [1.807, 2.05) is 55.5 Å². The molecule has 23 heavy (non-hydrogen) atoms. The van der Waals surface area contributed by atoms with Crippen LogP contribution in [0, 0.1) is 6.92 Å². The van der Waals surface area contributed by atoms with Gasteiger partial charge in [-0.3, -0.25) is 4.79 Å². The van der Waals surface area contributed by atoms with Gasteiger partial charge in [-0.05, 0) is 52.8 Å². The normalized spacial score (nSPS) is 11.2. The van der Waals surface area contributed by atoms with Gasteiger partial charge in [0.2, 0.25) is 0 Å². The van der Waals surface area contributed by atoms with E-state index >= 15 is 0 Å². The summed E-state index contributed by atoms with van der Waals surface area (Å²) in [4.78, 5) is 10.8. The Morgan fingerprint density at radius 3 is 2.30 bits per heavy atom. The van der Waals surface area contributed by atoms with Crippen LogP contribution in [0.25, 0.3) is 28.0 Å². The molecule has 3 rings (SSSR count). The molecule has 0 aliphatic carbocycles. The van der Waals surface area contributed by atoms with E-state index in [1.54, 1.807) is 6.08 Å². The molecule has 3 heteroatoms. The summed E-state index contributed by atoms with van der Waals surface area (Å²) in [7, 11) is 0. The van der Waals surface area contributed by atoms with Gasteiger partial charge in [0.15, 0.2) is 0 Å². The van der Waals surface area contributed by atoms with Gasteiger partial charge in [0.1, 0.15) is 12.0 Å². The van der Waals surface area contributed by atoms with Crippen molar-refractivity contribution in [1.29, 1.82) is 0 Å². The van der Waals surface area contributed by atoms with Gasteiger partial charge in [0.25, 0.3) is 0 Å². The van der Waals surface area contributed by atoms with Crippen LogP contribution < -0.4 is 0 Å². The minimum absolute atomic E-state index is 0.258. The molecule has 3 aromatic rings. The van der Waals surface area contributed by atoms with E-state index in [9.17, 15) is 9.90 Å². The number of rotatable bonds is 3. The molecule has 0 aromatic heterocycles. The van der Waals surface area contributed by atoms with E-state index in [0.29, 0.717) is 5.02 Å². The number of phenolic OH excluding ortho intramolecular Hbond substituents is 1. The molecular weight excluding hydrogens is 308 g/mol. The summed E-state index contributed by atoms with van der Waals surface area (Å²) in [5.41, 5.74) is 3.52. The highest BCUT2D eigenvalue weighted by molar-refractivity contribution is 6.30. The number of carbonyl (C=O) groups excluding carboxylic acids is 1. The molecule has 0 heterocycles. The maximum atomic E-state index is 10.8. The Morgan fingerprint density at radius 1 is 1.00 bits per heavy atom. The van der Waals surface area contributed by atoms with Crippen molar-refractivity contribution in [3.8, 4) is 16.9 Å². The fourth-order valence-corrected chi connectivity index (χ4v) is 3.00. The van der Waals surface area contributed by atoms with Crippen molar-refractivity contribution in [2.45, 2.75) is 6.92 Å². The van der Waals surface area contributed by atoms with Crippen molar-refractivity contribution in [2.24, 2.45) is 0 Å². The molecular formula is C20H15ClO2. The molecule has 0 bridgehead atoms. The third kappa shape index (κ3) is 2.73. The van der Waals surface area contributed by atoms with Gasteiger partial charge in [0.05, 0.1) is 0 Å². The Labute approximate surface area is 139 Å². The van der Waals surface area contributed by atoms with Gasteiger partial charge in [-0.1, -0.05) is 54.1 Å². The lowest BCUT2D eigenvalue weighted by molar-refractivity contribution is -0.104. The van der Waals surface area contributed by atoms with E-state index in [4.69, 9.17) is 11.6 Å². The number of aldehydes is 1. The SMILES string of the molecule is Cc1c(-c2ccc(Cl)cc2)c(/C=C/C=O)c2ccccc2c1O. The fourth-order valence-electron chi connectivity index (χ4n) is 2.88. The van der Waals surface area contributed by atoms with Crippen LogP contribution in [0.4, 0.5) is 0 Å². The maximum absolute atomic E-state index is 10.8. The zero-order valence-corrected chi connectivity index (χ0v) is 13.3. The molecule has 0 unspecified atom stereocenters. The molecule has 0 radical (unpaired) electrons. The molecule has 0 fully saturated rings.